The van der Waals surface area contributed by atoms with E-state index in [0.717, 1.165) is 37.3 Å². The smallest absolute Gasteiger partial charge is 0.338 e. The third kappa shape index (κ3) is 4.62. The van der Waals surface area contributed by atoms with E-state index in [-0.39, 0.29) is 6.03 Å². The van der Waals surface area contributed by atoms with Gasteiger partial charge in [0.25, 0.3) is 0 Å². The van der Waals surface area contributed by atoms with Crippen molar-refractivity contribution in [2.75, 3.05) is 44.7 Å². The molecule has 0 spiro atoms. The van der Waals surface area contributed by atoms with Gasteiger partial charge in [-0.25, -0.2) is 9.59 Å². The van der Waals surface area contributed by atoms with Crippen molar-refractivity contribution in [3.63, 3.8) is 0 Å². The summed E-state index contributed by atoms with van der Waals surface area (Å²) in [5, 5.41) is 5.75. The number of anilines is 1. The summed E-state index contributed by atoms with van der Waals surface area (Å²) in [6.45, 7) is 8.07. The molecule has 0 aliphatic carbocycles. The predicted octanol–water partition coefficient (Wildman–Crippen LogP) is 2.91. The second kappa shape index (κ2) is 9.44. The molecule has 1 fully saturated rings. The van der Waals surface area contributed by atoms with E-state index < -0.39 is 12.0 Å². The van der Waals surface area contributed by atoms with Crippen LogP contribution in [0.15, 0.2) is 59.8 Å². The first-order valence-electron chi connectivity index (χ1n) is 10.9. The highest BCUT2D eigenvalue weighted by Crippen LogP contribution is 2.29. The van der Waals surface area contributed by atoms with Crippen LogP contribution in [0.25, 0.3) is 0 Å². The molecule has 2 aliphatic heterocycles. The molecule has 32 heavy (non-hydrogen) atoms. The summed E-state index contributed by atoms with van der Waals surface area (Å²) in [5.41, 5.74) is 5.56. The topological polar surface area (TPSA) is 73.9 Å². The van der Waals surface area contributed by atoms with Crippen LogP contribution in [0, 0.1) is 13.8 Å². The number of nitrogens with one attached hydrogen (secondary N) is 2. The number of para-hydroxylation sites is 1. The van der Waals surface area contributed by atoms with Crippen molar-refractivity contribution in [2.24, 2.45) is 0 Å². The molecule has 1 atom stereocenters. The molecule has 0 saturated carbocycles. The van der Waals surface area contributed by atoms with Crippen LogP contribution in [-0.2, 0) is 9.53 Å². The van der Waals surface area contributed by atoms with Crippen LogP contribution in [0.1, 0.15) is 22.7 Å². The van der Waals surface area contributed by atoms with Gasteiger partial charge in [-0.05, 0) is 31.0 Å². The second-order valence-corrected chi connectivity index (χ2v) is 8.38. The molecule has 7 heteroatoms. The SMILES string of the molecule is COC(=O)C1=C(CN2CCN(c3ccccc3C)CC2)NC(=O)N[C@@H]1c1ccc(C)cc1. The molecule has 0 aromatic heterocycles. The van der Waals surface area contributed by atoms with E-state index in [0.29, 0.717) is 17.8 Å². The van der Waals surface area contributed by atoms with Crippen LogP contribution >= 0.6 is 0 Å². The summed E-state index contributed by atoms with van der Waals surface area (Å²) >= 11 is 0. The highest BCUT2D eigenvalue weighted by molar-refractivity contribution is 5.95. The van der Waals surface area contributed by atoms with Gasteiger partial charge in [-0.1, -0.05) is 48.0 Å². The fourth-order valence-electron chi connectivity index (χ4n) is 4.39. The van der Waals surface area contributed by atoms with Gasteiger partial charge < -0.3 is 20.3 Å². The Balaban J connectivity index is 1.55. The number of carbonyl (C=O) groups excluding carboxylic acids is 2. The third-order valence-corrected chi connectivity index (χ3v) is 6.18. The normalized spacial score (nSPS) is 19.4. The summed E-state index contributed by atoms with van der Waals surface area (Å²) in [5.74, 6) is -0.434. The van der Waals surface area contributed by atoms with Crippen molar-refractivity contribution in [3.05, 3.63) is 76.5 Å². The number of ether oxygens (including phenoxy) is 1. The maximum atomic E-state index is 12.8. The summed E-state index contributed by atoms with van der Waals surface area (Å²) < 4.78 is 5.09. The average Bonchev–Trinajstić information content (AvgIpc) is 2.80. The minimum Gasteiger partial charge on any atom is -0.466 e. The Morgan fingerprint density at radius 1 is 1.03 bits per heavy atom. The summed E-state index contributed by atoms with van der Waals surface area (Å²) in [6.07, 6.45) is 0. The number of piperazine rings is 1. The van der Waals surface area contributed by atoms with Gasteiger partial charge >= 0.3 is 12.0 Å². The van der Waals surface area contributed by atoms with Gasteiger partial charge in [0.2, 0.25) is 0 Å². The van der Waals surface area contributed by atoms with Gasteiger partial charge in [0.05, 0.1) is 18.7 Å². The summed E-state index contributed by atoms with van der Waals surface area (Å²) in [7, 11) is 1.37. The Bertz CT molecular complexity index is 1020. The van der Waals surface area contributed by atoms with E-state index in [1.807, 2.05) is 31.2 Å². The van der Waals surface area contributed by atoms with Gasteiger partial charge in [-0.15, -0.1) is 0 Å². The molecule has 7 nitrogen and oxygen atoms in total. The Morgan fingerprint density at radius 2 is 1.72 bits per heavy atom. The lowest BCUT2D eigenvalue weighted by Crippen LogP contribution is -2.51. The molecule has 0 radical (unpaired) electrons. The van der Waals surface area contributed by atoms with E-state index in [4.69, 9.17) is 4.74 Å². The van der Waals surface area contributed by atoms with Crippen LogP contribution in [-0.4, -0.2) is 56.7 Å². The van der Waals surface area contributed by atoms with E-state index in [9.17, 15) is 9.59 Å². The number of amides is 2. The van der Waals surface area contributed by atoms with E-state index in [2.05, 4.69) is 51.6 Å². The predicted molar refractivity (Wildman–Crippen MR) is 124 cm³/mol. The number of hydrogen-bond acceptors (Lipinski definition) is 5. The van der Waals surface area contributed by atoms with Gasteiger partial charge in [-0.2, -0.15) is 0 Å². The minimum atomic E-state index is -0.542. The number of aryl methyl sites for hydroxylation is 2. The molecule has 4 rings (SSSR count). The zero-order chi connectivity index (χ0) is 22.7. The van der Waals surface area contributed by atoms with Crippen LogP contribution in [0.4, 0.5) is 10.5 Å². The van der Waals surface area contributed by atoms with Crippen LogP contribution in [0.2, 0.25) is 0 Å². The van der Waals surface area contributed by atoms with Gasteiger partial charge in [0.1, 0.15) is 0 Å². The molecule has 2 aromatic carbocycles. The van der Waals surface area contributed by atoms with Crippen molar-refractivity contribution in [1.82, 2.24) is 15.5 Å². The van der Waals surface area contributed by atoms with Crippen molar-refractivity contribution in [2.45, 2.75) is 19.9 Å². The number of carbonyl (C=O) groups is 2. The summed E-state index contributed by atoms with van der Waals surface area (Å²) in [4.78, 5) is 29.9. The van der Waals surface area contributed by atoms with Crippen LogP contribution in [0.5, 0.6) is 0 Å². The zero-order valence-electron chi connectivity index (χ0n) is 18.9. The molecule has 2 aromatic rings. The molecule has 0 unspecified atom stereocenters. The summed E-state index contributed by atoms with van der Waals surface area (Å²) in [6, 6.07) is 15.4. The highest BCUT2D eigenvalue weighted by Gasteiger charge is 2.34. The number of benzene rings is 2. The maximum absolute atomic E-state index is 12.8. The van der Waals surface area contributed by atoms with Crippen molar-refractivity contribution in [1.29, 1.82) is 0 Å². The van der Waals surface area contributed by atoms with Gasteiger partial charge in [0.15, 0.2) is 0 Å². The standard InChI is InChI=1S/C25H30N4O3/c1-17-8-10-19(11-9-17)23-22(24(30)32-3)20(26-25(31)27-23)16-28-12-14-29(15-13-28)21-7-5-4-6-18(21)2/h4-11,23H,12-16H2,1-3H3,(H2,26,27,31)/t23-/m1/s1. The number of nitrogens with zero attached hydrogens (tertiary/aromatic N) is 2. The lowest BCUT2D eigenvalue weighted by Gasteiger charge is -2.38. The average molecular weight is 435 g/mol. The monoisotopic (exact) mass is 434 g/mol. The van der Waals surface area contributed by atoms with Crippen LogP contribution < -0.4 is 15.5 Å². The third-order valence-electron chi connectivity index (χ3n) is 6.18. The molecular weight excluding hydrogens is 404 g/mol. The zero-order valence-corrected chi connectivity index (χ0v) is 18.9. The first kappa shape index (κ1) is 21.9. The van der Waals surface area contributed by atoms with Gasteiger partial charge in [-0.3, -0.25) is 4.90 Å². The number of urea groups is 1. The molecule has 168 valence electrons. The Hall–Kier alpha value is -3.32. The second-order valence-electron chi connectivity index (χ2n) is 8.38. The molecule has 2 heterocycles. The van der Waals surface area contributed by atoms with E-state index >= 15 is 0 Å². The highest BCUT2D eigenvalue weighted by atomic mass is 16.5. The molecular formula is C25H30N4O3. The van der Waals surface area contributed by atoms with Crippen LogP contribution in [0.3, 0.4) is 0 Å². The largest absolute Gasteiger partial charge is 0.466 e. The Morgan fingerprint density at radius 3 is 2.38 bits per heavy atom. The number of esters is 1. The van der Waals surface area contributed by atoms with Gasteiger partial charge in [0, 0.05) is 44.1 Å². The lowest BCUT2D eigenvalue weighted by molar-refractivity contribution is -0.136. The fourth-order valence-corrected chi connectivity index (χ4v) is 4.39. The van der Waals surface area contributed by atoms with Crippen molar-refractivity contribution >= 4 is 17.7 Å². The van der Waals surface area contributed by atoms with E-state index in [1.165, 1.54) is 18.4 Å². The molecule has 0 bridgehead atoms. The quantitative estimate of drug-likeness (QED) is 0.708. The number of hydrogen-bond donors (Lipinski definition) is 2. The minimum absolute atomic E-state index is 0.309. The number of methoxy groups -OCH3 is 1. The molecule has 2 aliphatic rings. The molecule has 2 N–H and O–H groups in total. The maximum Gasteiger partial charge on any atom is 0.338 e. The molecule has 2 amide bonds. The number of rotatable bonds is 5. The first-order valence-corrected chi connectivity index (χ1v) is 10.9. The Kier molecular flexibility index (Phi) is 6.46. The van der Waals surface area contributed by atoms with Crippen molar-refractivity contribution < 1.29 is 14.3 Å². The molecule has 1 saturated heterocycles. The Labute approximate surface area is 189 Å². The fraction of sp³-hybridized carbons (Fsp3) is 0.360. The van der Waals surface area contributed by atoms with Crippen molar-refractivity contribution in [3.8, 4) is 0 Å². The van der Waals surface area contributed by atoms with E-state index in [1.54, 1.807) is 0 Å². The lowest BCUT2D eigenvalue weighted by atomic mass is 9.94. The first-order chi connectivity index (χ1) is 15.5.